The second-order valence-corrected chi connectivity index (χ2v) is 8.74. The molecule has 190 valence electrons. The van der Waals surface area contributed by atoms with Gasteiger partial charge in [0.25, 0.3) is 0 Å². The Labute approximate surface area is 216 Å². The zero-order valence-electron chi connectivity index (χ0n) is 21.0. The van der Waals surface area contributed by atoms with E-state index < -0.39 is 12.0 Å². The Balaban J connectivity index is 1.39. The second kappa shape index (κ2) is 12.0. The first kappa shape index (κ1) is 25.7. The van der Waals surface area contributed by atoms with Gasteiger partial charge in [0.15, 0.2) is 0 Å². The lowest BCUT2D eigenvalue weighted by atomic mass is 9.93. The van der Waals surface area contributed by atoms with Crippen molar-refractivity contribution < 1.29 is 23.8 Å². The van der Waals surface area contributed by atoms with Crippen molar-refractivity contribution in [1.82, 2.24) is 9.88 Å². The number of oxazole rings is 1. The van der Waals surface area contributed by atoms with Crippen LogP contribution in [0.3, 0.4) is 0 Å². The number of ether oxygens (including phenoxy) is 1. The van der Waals surface area contributed by atoms with Crippen LogP contribution in [0.5, 0.6) is 5.75 Å². The van der Waals surface area contributed by atoms with Crippen LogP contribution in [0.15, 0.2) is 77.3 Å². The molecule has 3 aromatic rings. The number of allylic oxidation sites excluding steroid dienone is 3. The minimum atomic E-state index is -1.01. The highest BCUT2D eigenvalue weighted by Gasteiger charge is 2.33. The van der Waals surface area contributed by atoms with Gasteiger partial charge in [-0.15, -0.1) is 0 Å². The third-order valence-corrected chi connectivity index (χ3v) is 6.15. The SMILES string of the molecule is C/C=C/C=C/C(=O)N1Cc2cc(OCCc3nc(/C=C/c4ccccc4)oc3C)ccc2C[C@H]1C(=O)O. The summed E-state index contributed by atoms with van der Waals surface area (Å²) in [6, 6.07) is 14.7. The molecule has 1 amide bonds. The quantitative estimate of drug-likeness (QED) is 0.320. The van der Waals surface area contributed by atoms with E-state index in [2.05, 4.69) is 4.98 Å². The second-order valence-electron chi connectivity index (χ2n) is 8.74. The number of nitrogens with zero attached hydrogens (tertiary/aromatic N) is 2. The van der Waals surface area contributed by atoms with Gasteiger partial charge in [0.05, 0.1) is 12.3 Å². The summed E-state index contributed by atoms with van der Waals surface area (Å²) in [6.45, 7) is 4.35. The molecule has 4 rings (SSSR count). The molecule has 0 aliphatic carbocycles. The monoisotopic (exact) mass is 498 g/mol. The van der Waals surface area contributed by atoms with E-state index in [4.69, 9.17) is 9.15 Å². The van der Waals surface area contributed by atoms with Crippen LogP contribution in [0, 0.1) is 6.92 Å². The van der Waals surface area contributed by atoms with Gasteiger partial charge in [0.1, 0.15) is 17.6 Å². The average Bonchev–Trinajstić information content (AvgIpc) is 3.26. The average molecular weight is 499 g/mol. The minimum absolute atomic E-state index is 0.210. The number of aliphatic carboxylic acids is 1. The third-order valence-electron chi connectivity index (χ3n) is 6.15. The number of hydrogen-bond donors (Lipinski definition) is 1. The molecule has 0 unspecified atom stereocenters. The fourth-order valence-electron chi connectivity index (χ4n) is 4.20. The minimum Gasteiger partial charge on any atom is -0.493 e. The number of hydrogen-bond acceptors (Lipinski definition) is 5. The highest BCUT2D eigenvalue weighted by Crippen LogP contribution is 2.28. The smallest absolute Gasteiger partial charge is 0.326 e. The van der Waals surface area contributed by atoms with Crippen LogP contribution in [0.4, 0.5) is 0 Å². The fraction of sp³-hybridized carbons (Fsp3) is 0.233. The number of aromatic nitrogens is 1. The maximum atomic E-state index is 12.7. The van der Waals surface area contributed by atoms with Crippen molar-refractivity contribution >= 4 is 24.0 Å². The van der Waals surface area contributed by atoms with Crippen LogP contribution in [-0.4, -0.2) is 39.5 Å². The molecule has 0 radical (unpaired) electrons. The normalized spacial score (nSPS) is 15.5. The summed E-state index contributed by atoms with van der Waals surface area (Å²) < 4.78 is 11.7. The molecule has 1 atom stereocenters. The molecule has 2 heterocycles. The lowest BCUT2D eigenvalue weighted by molar-refractivity contribution is -0.149. The van der Waals surface area contributed by atoms with Crippen molar-refractivity contribution in [2.45, 2.75) is 39.3 Å². The molecule has 2 aromatic carbocycles. The number of carboxylic acid groups (broad SMARTS) is 1. The Morgan fingerprint density at radius 2 is 1.95 bits per heavy atom. The van der Waals surface area contributed by atoms with E-state index in [-0.39, 0.29) is 18.9 Å². The van der Waals surface area contributed by atoms with Crippen molar-refractivity contribution in [3.05, 3.63) is 107 Å². The van der Waals surface area contributed by atoms with Gasteiger partial charge in [0.2, 0.25) is 11.8 Å². The first-order chi connectivity index (χ1) is 17.9. The van der Waals surface area contributed by atoms with Gasteiger partial charge < -0.3 is 19.2 Å². The number of benzene rings is 2. The van der Waals surface area contributed by atoms with E-state index in [1.807, 2.05) is 74.5 Å². The van der Waals surface area contributed by atoms with Crippen molar-refractivity contribution in [3.8, 4) is 5.75 Å². The zero-order valence-corrected chi connectivity index (χ0v) is 21.0. The maximum Gasteiger partial charge on any atom is 0.326 e. The molecule has 7 heteroatoms. The molecule has 0 saturated heterocycles. The number of aryl methyl sites for hydroxylation is 1. The summed E-state index contributed by atoms with van der Waals surface area (Å²) in [5, 5.41) is 9.68. The lowest BCUT2D eigenvalue weighted by Gasteiger charge is -2.34. The van der Waals surface area contributed by atoms with Gasteiger partial charge in [-0.1, -0.05) is 54.6 Å². The molecule has 37 heavy (non-hydrogen) atoms. The predicted molar refractivity (Wildman–Crippen MR) is 142 cm³/mol. The van der Waals surface area contributed by atoms with Gasteiger partial charge in [-0.3, -0.25) is 4.79 Å². The fourth-order valence-corrected chi connectivity index (χ4v) is 4.20. The highest BCUT2D eigenvalue weighted by molar-refractivity contribution is 5.92. The molecular weight excluding hydrogens is 468 g/mol. The van der Waals surface area contributed by atoms with E-state index in [1.54, 1.807) is 18.2 Å². The van der Waals surface area contributed by atoms with E-state index in [9.17, 15) is 14.7 Å². The number of rotatable bonds is 9. The van der Waals surface area contributed by atoms with Crippen LogP contribution in [0.25, 0.3) is 12.2 Å². The Morgan fingerprint density at radius 3 is 2.70 bits per heavy atom. The lowest BCUT2D eigenvalue weighted by Crippen LogP contribution is -2.48. The molecule has 0 fully saturated rings. The number of amides is 1. The first-order valence-electron chi connectivity index (χ1n) is 12.2. The van der Waals surface area contributed by atoms with Crippen molar-refractivity contribution in [1.29, 1.82) is 0 Å². The van der Waals surface area contributed by atoms with Gasteiger partial charge in [0, 0.05) is 31.5 Å². The Hall–Kier alpha value is -4.39. The van der Waals surface area contributed by atoms with E-state index in [0.717, 1.165) is 28.1 Å². The Kier molecular flexibility index (Phi) is 8.36. The molecule has 1 aromatic heterocycles. The molecule has 0 spiro atoms. The number of carbonyl (C=O) groups excluding carboxylic acids is 1. The topological polar surface area (TPSA) is 92.9 Å². The summed E-state index contributed by atoms with van der Waals surface area (Å²) in [7, 11) is 0. The molecule has 7 nitrogen and oxygen atoms in total. The molecule has 1 aliphatic heterocycles. The maximum absolute atomic E-state index is 12.7. The van der Waals surface area contributed by atoms with E-state index in [0.29, 0.717) is 24.7 Å². The molecule has 0 saturated carbocycles. The van der Waals surface area contributed by atoms with Gasteiger partial charge in [-0.2, -0.15) is 0 Å². The van der Waals surface area contributed by atoms with Gasteiger partial charge >= 0.3 is 5.97 Å². The summed E-state index contributed by atoms with van der Waals surface area (Å²) >= 11 is 0. The van der Waals surface area contributed by atoms with Gasteiger partial charge in [-0.05, 0) is 48.7 Å². The number of carboxylic acids is 1. The third kappa shape index (κ3) is 6.64. The Bertz CT molecular complexity index is 1340. The van der Waals surface area contributed by atoms with Gasteiger partial charge in [-0.25, -0.2) is 9.78 Å². The molecule has 0 bridgehead atoms. The first-order valence-corrected chi connectivity index (χ1v) is 12.2. The largest absolute Gasteiger partial charge is 0.493 e. The zero-order chi connectivity index (χ0) is 26.2. The summed E-state index contributed by atoms with van der Waals surface area (Å²) in [6.07, 6.45) is 11.2. The number of carbonyl (C=O) groups is 2. The van der Waals surface area contributed by atoms with E-state index >= 15 is 0 Å². The van der Waals surface area contributed by atoms with Crippen LogP contribution in [0.2, 0.25) is 0 Å². The summed E-state index contributed by atoms with van der Waals surface area (Å²) in [5.41, 5.74) is 3.69. The molecular formula is C30H30N2O5. The van der Waals surface area contributed by atoms with Crippen molar-refractivity contribution in [2.75, 3.05) is 6.61 Å². The van der Waals surface area contributed by atoms with Crippen LogP contribution >= 0.6 is 0 Å². The van der Waals surface area contributed by atoms with Crippen LogP contribution in [0.1, 0.15) is 41.0 Å². The Morgan fingerprint density at radius 1 is 1.14 bits per heavy atom. The number of fused-ring (bicyclic) bond motifs is 1. The molecule has 1 aliphatic rings. The molecule has 1 N–H and O–H groups in total. The van der Waals surface area contributed by atoms with Crippen molar-refractivity contribution in [3.63, 3.8) is 0 Å². The standard InChI is InChI=1S/C30H30N2O5/c1-3-4-6-11-29(33)32-20-24-18-25(14-13-23(24)19-27(32)30(34)35)36-17-16-26-21(2)37-28(31-26)15-12-22-9-7-5-8-10-22/h3-15,18,27H,16-17,19-20H2,1-2H3,(H,34,35)/b4-3+,11-6+,15-12+/t27-/m0/s1. The highest BCUT2D eigenvalue weighted by atomic mass is 16.5. The summed E-state index contributed by atoms with van der Waals surface area (Å²) in [4.78, 5) is 30.4. The van der Waals surface area contributed by atoms with Crippen LogP contribution < -0.4 is 4.74 Å². The van der Waals surface area contributed by atoms with Crippen molar-refractivity contribution in [2.24, 2.45) is 0 Å². The summed E-state index contributed by atoms with van der Waals surface area (Å²) in [5.74, 6) is 0.614. The van der Waals surface area contributed by atoms with E-state index in [1.165, 1.54) is 11.0 Å². The predicted octanol–water partition coefficient (Wildman–Crippen LogP) is 5.25. The van der Waals surface area contributed by atoms with Crippen LogP contribution in [-0.2, 0) is 29.0 Å².